The summed E-state index contributed by atoms with van der Waals surface area (Å²) in [5.41, 5.74) is 1.61. The van der Waals surface area contributed by atoms with Crippen molar-refractivity contribution in [2.75, 3.05) is 47.1 Å². The largest absolute Gasteiger partial charge is 0.510 e. The summed E-state index contributed by atoms with van der Waals surface area (Å²) < 4.78 is 63.6. The van der Waals surface area contributed by atoms with Crippen LogP contribution in [0.15, 0.2) is 6.08 Å². The van der Waals surface area contributed by atoms with E-state index < -0.39 is 45.9 Å². The second-order valence-corrected chi connectivity index (χ2v) is 12.4. The van der Waals surface area contributed by atoms with E-state index in [9.17, 15) is 14.2 Å². The van der Waals surface area contributed by atoms with Crippen LogP contribution < -0.4 is 4.74 Å². The van der Waals surface area contributed by atoms with Crippen molar-refractivity contribution < 1.29 is 55.9 Å². The Morgan fingerprint density at radius 1 is 0.976 bits per heavy atom. The maximum Gasteiger partial charge on any atom is 0.510 e. The molecule has 0 saturated carbocycles. The van der Waals surface area contributed by atoms with Crippen LogP contribution in [0, 0.1) is 0 Å². The number of phosphoric ester groups is 1. The molecule has 1 aliphatic heterocycles. The maximum atomic E-state index is 13.4. The van der Waals surface area contributed by atoms with Crippen LogP contribution >= 0.6 is 19.6 Å². The number of quaternary nitrogens is 1. The van der Waals surface area contributed by atoms with Crippen LogP contribution in [-0.4, -0.2) is 84.8 Å². The highest BCUT2D eigenvalue weighted by Gasteiger charge is 2.36. The number of likely N-dealkylation sites (N-methyl/N-ethyl adjacent to an activating group) is 1. The fourth-order valence-corrected chi connectivity index (χ4v) is 5.15. The first kappa shape index (κ1) is 34.9. The average Bonchev–Trinajstić information content (AvgIpc) is 3.35. The van der Waals surface area contributed by atoms with Crippen LogP contribution in [0.1, 0.15) is 72.4 Å². The number of unbranched alkanes of at least 4 members (excludes halogenated alkanes) is 3. The fourth-order valence-electron chi connectivity index (χ4n) is 3.61. The summed E-state index contributed by atoms with van der Waals surface area (Å²) in [4.78, 5) is 23.4. The number of nitrogens with zero attached hydrogens (tertiary/aromatic N) is 3. The third-order valence-electron chi connectivity index (χ3n) is 5.58. The molecular formula is C25H43N3O11PS+. The summed E-state index contributed by atoms with van der Waals surface area (Å²) in [5.74, 6) is 0.500. The van der Waals surface area contributed by atoms with E-state index in [1.54, 1.807) is 27.7 Å². The van der Waals surface area contributed by atoms with Gasteiger partial charge in [-0.25, -0.2) is 27.7 Å². The van der Waals surface area contributed by atoms with Gasteiger partial charge in [-0.2, -0.15) is 4.37 Å². The van der Waals surface area contributed by atoms with Crippen molar-refractivity contribution in [3.8, 4) is 5.88 Å². The van der Waals surface area contributed by atoms with Crippen molar-refractivity contribution in [3.05, 3.63) is 11.8 Å². The van der Waals surface area contributed by atoms with Crippen molar-refractivity contribution in [1.29, 1.82) is 0 Å². The highest BCUT2D eigenvalue weighted by Crippen LogP contribution is 2.50. The zero-order chi connectivity index (χ0) is 30.3. The number of hydrogen-bond acceptors (Lipinski definition) is 14. The molecule has 1 aliphatic rings. The van der Waals surface area contributed by atoms with Gasteiger partial charge in [0.25, 0.3) is 5.88 Å². The Bertz CT molecular complexity index is 1000. The summed E-state index contributed by atoms with van der Waals surface area (Å²) in [6.45, 7) is 8.76. The van der Waals surface area contributed by atoms with E-state index in [1.165, 1.54) is 0 Å². The standard InChI is InChI=1S/C25H43N3O11PS/c1-7-8-9-10-14-32-23-22(26-41-27-23)21-12-11-13-28(6,15-21)16-35-40(31,36-17-33-24(29)38-19(2)3)37-18-34-25(30)39-20(4)5/h12,19-20H,7-11,13-18H2,1-6H3/q+1. The number of phosphoric acid groups is 1. The van der Waals surface area contributed by atoms with Gasteiger partial charge in [0.15, 0.2) is 6.73 Å². The van der Waals surface area contributed by atoms with Crippen LogP contribution in [0.25, 0.3) is 5.57 Å². The van der Waals surface area contributed by atoms with Gasteiger partial charge in [0.2, 0.25) is 13.6 Å². The van der Waals surface area contributed by atoms with Crippen LogP contribution in [0.4, 0.5) is 9.59 Å². The predicted molar refractivity (Wildman–Crippen MR) is 149 cm³/mol. The summed E-state index contributed by atoms with van der Waals surface area (Å²) in [6, 6.07) is 0. The first-order valence-corrected chi connectivity index (χ1v) is 15.8. The lowest BCUT2D eigenvalue weighted by Gasteiger charge is -2.37. The van der Waals surface area contributed by atoms with E-state index >= 15 is 0 Å². The molecular weight excluding hydrogens is 581 g/mol. The minimum atomic E-state index is -4.37. The van der Waals surface area contributed by atoms with E-state index in [0.29, 0.717) is 42.2 Å². The molecule has 16 heteroatoms. The maximum absolute atomic E-state index is 13.4. The Balaban J connectivity index is 2.00. The fraction of sp³-hybridized carbons (Fsp3) is 0.760. The monoisotopic (exact) mass is 624 g/mol. The molecule has 234 valence electrons. The molecule has 0 saturated heterocycles. The normalized spacial score (nSPS) is 17.3. The molecule has 0 spiro atoms. The minimum absolute atomic E-state index is 0.105. The Kier molecular flexibility index (Phi) is 15.0. The second-order valence-electron chi connectivity index (χ2n) is 10.2. The summed E-state index contributed by atoms with van der Waals surface area (Å²) in [7, 11) is -2.46. The molecule has 1 unspecified atom stereocenters. The van der Waals surface area contributed by atoms with Crippen LogP contribution in [0.2, 0.25) is 0 Å². The number of carbonyl (C=O) groups excluding carboxylic acids is 2. The van der Waals surface area contributed by atoms with Gasteiger partial charge in [-0.1, -0.05) is 32.3 Å². The quantitative estimate of drug-likeness (QED) is 0.0629. The van der Waals surface area contributed by atoms with Crippen LogP contribution in [0.5, 0.6) is 5.88 Å². The Morgan fingerprint density at radius 2 is 1.61 bits per heavy atom. The van der Waals surface area contributed by atoms with E-state index in [0.717, 1.165) is 43.0 Å². The molecule has 1 aromatic rings. The average molecular weight is 625 g/mol. The zero-order valence-electron chi connectivity index (χ0n) is 24.7. The molecule has 0 amide bonds. The molecule has 2 rings (SSSR count). The number of hydrogen-bond donors (Lipinski definition) is 0. The van der Waals surface area contributed by atoms with E-state index in [1.807, 2.05) is 7.05 Å². The second kappa shape index (κ2) is 17.6. The molecule has 2 heterocycles. The Morgan fingerprint density at radius 3 is 2.20 bits per heavy atom. The van der Waals surface area contributed by atoms with Gasteiger partial charge in [-0.15, -0.1) is 4.37 Å². The summed E-state index contributed by atoms with van der Waals surface area (Å²) >= 11 is 1.08. The SMILES string of the molecule is CCCCCCOc1nsnc1C1=CCC[N+](C)(COP(=O)(OCOC(=O)OC(C)C)OCOC(=O)OC(C)C)C1. The topological polar surface area (TPSA) is 151 Å². The summed E-state index contributed by atoms with van der Waals surface area (Å²) in [6.07, 6.45) is 4.23. The first-order valence-electron chi connectivity index (χ1n) is 13.6. The number of aromatic nitrogens is 2. The van der Waals surface area contributed by atoms with Gasteiger partial charge in [-0.3, -0.25) is 4.48 Å². The smallest absolute Gasteiger partial charge is 0.475 e. The van der Waals surface area contributed by atoms with E-state index in [4.69, 9.17) is 37.3 Å². The lowest BCUT2D eigenvalue weighted by molar-refractivity contribution is -0.918. The number of carbonyl (C=O) groups is 2. The van der Waals surface area contributed by atoms with Gasteiger partial charge < -0.3 is 23.7 Å². The van der Waals surface area contributed by atoms with Gasteiger partial charge in [0.1, 0.15) is 12.2 Å². The lowest BCUT2D eigenvalue weighted by atomic mass is 10.1. The molecule has 14 nitrogen and oxygen atoms in total. The third kappa shape index (κ3) is 13.5. The van der Waals surface area contributed by atoms with Gasteiger partial charge >= 0.3 is 20.1 Å². The number of ether oxygens (including phenoxy) is 5. The van der Waals surface area contributed by atoms with E-state index in [-0.39, 0.29) is 6.73 Å². The molecule has 0 bridgehead atoms. The zero-order valence-corrected chi connectivity index (χ0v) is 26.4. The molecule has 0 radical (unpaired) electrons. The first-order chi connectivity index (χ1) is 19.4. The molecule has 0 aliphatic carbocycles. The lowest BCUT2D eigenvalue weighted by Crippen LogP contribution is -2.48. The number of rotatable bonds is 18. The van der Waals surface area contributed by atoms with Crippen molar-refractivity contribution >= 4 is 37.4 Å². The van der Waals surface area contributed by atoms with Crippen molar-refractivity contribution in [2.45, 2.75) is 78.9 Å². The van der Waals surface area contributed by atoms with Crippen molar-refractivity contribution in [1.82, 2.24) is 8.75 Å². The van der Waals surface area contributed by atoms with Crippen molar-refractivity contribution in [2.24, 2.45) is 0 Å². The highest BCUT2D eigenvalue weighted by atomic mass is 32.1. The van der Waals surface area contributed by atoms with Gasteiger partial charge in [0, 0.05) is 12.0 Å². The summed E-state index contributed by atoms with van der Waals surface area (Å²) in [5, 5.41) is 0. The molecule has 0 aromatic carbocycles. The molecule has 41 heavy (non-hydrogen) atoms. The van der Waals surface area contributed by atoms with Gasteiger partial charge in [-0.05, 0) is 34.1 Å². The van der Waals surface area contributed by atoms with Crippen molar-refractivity contribution in [3.63, 3.8) is 0 Å². The van der Waals surface area contributed by atoms with E-state index in [2.05, 4.69) is 21.7 Å². The molecule has 0 fully saturated rings. The third-order valence-corrected chi connectivity index (χ3v) is 7.36. The molecule has 1 atom stereocenters. The predicted octanol–water partition coefficient (Wildman–Crippen LogP) is 5.88. The highest BCUT2D eigenvalue weighted by molar-refractivity contribution is 7.48. The Hall–Kier alpha value is -2.29. The molecule has 1 aromatic heterocycles. The van der Waals surface area contributed by atoms with Gasteiger partial charge in [0.05, 0.1) is 44.1 Å². The van der Waals surface area contributed by atoms with Crippen LogP contribution in [-0.2, 0) is 37.1 Å². The minimum Gasteiger partial charge on any atom is -0.475 e. The van der Waals surface area contributed by atoms with Crippen LogP contribution in [0.3, 0.4) is 0 Å². The molecule has 0 N–H and O–H groups in total. The Labute approximate surface area is 245 Å².